The van der Waals surface area contributed by atoms with Crippen molar-refractivity contribution in [1.29, 1.82) is 0 Å². The molecule has 0 saturated carbocycles. The van der Waals surface area contributed by atoms with Crippen LogP contribution in [0.4, 0.5) is 0 Å². The molecule has 1 heterocycles. The van der Waals surface area contributed by atoms with Crippen molar-refractivity contribution in [3.8, 4) is 5.75 Å². The maximum absolute atomic E-state index is 13.3. The number of nitrogens with one attached hydrogen (secondary N) is 2. The van der Waals surface area contributed by atoms with E-state index in [4.69, 9.17) is 16.3 Å². The molecule has 198 valence electrons. The molecule has 0 unspecified atom stereocenters. The molecule has 3 aromatic rings. The number of hydrogen-bond donors (Lipinski definition) is 2. The molecule has 0 fully saturated rings. The summed E-state index contributed by atoms with van der Waals surface area (Å²) >= 11 is 6.17. The van der Waals surface area contributed by atoms with Gasteiger partial charge in [-0.25, -0.2) is 0 Å². The van der Waals surface area contributed by atoms with Gasteiger partial charge in [-0.1, -0.05) is 59.6 Å². The molecule has 0 spiro atoms. The second-order valence-corrected chi connectivity index (χ2v) is 9.90. The lowest BCUT2D eigenvalue weighted by atomic mass is 10.1. The van der Waals surface area contributed by atoms with Crippen molar-refractivity contribution in [1.82, 2.24) is 15.5 Å². The number of carbonyl (C=O) groups excluding carboxylic acids is 3. The lowest BCUT2D eigenvalue weighted by Crippen LogP contribution is -2.47. The Kier molecular flexibility index (Phi) is 9.38. The molecule has 3 amide bonds. The van der Waals surface area contributed by atoms with Gasteiger partial charge in [0.05, 0.1) is 18.2 Å². The third-order valence-electron chi connectivity index (χ3n) is 6.34. The molecule has 38 heavy (non-hydrogen) atoms. The highest BCUT2D eigenvalue weighted by Gasteiger charge is 2.23. The van der Waals surface area contributed by atoms with E-state index in [0.29, 0.717) is 54.3 Å². The van der Waals surface area contributed by atoms with Gasteiger partial charge in [0.25, 0.3) is 11.8 Å². The number of benzene rings is 3. The normalized spacial score (nSPS) is 17.2. The Hall–Kier alpha value is -3.84. The first kappa shape index (κ1) is 27.2. The number of nitrogens with zero attached hydrogens (tertiary/aromatic N) is 1. The van der Waals surface area contributed by atoms with Crippen molar-refractivity contribution >= 4 is 29.3 Å². The average molecular weight is 534 g/mol. The minimum atomic E-state index is -0.391. The van der Waals surface area contributed by atoms with Gasteiger partial charge in [-0.05, 0) is 62.1 Å². The zero-order valence-corrected chi connectivity index (χ0v) is 22.2. The summed E-state index contributed by atoms with van der Waals surface area (Å²) in [6.45, 7) is 2.79. The summed E-state index contributed by atoms with van der Waals surface area (Å²) in [5, 5.41) is 6.40. The highest BCUT2D eigenvalue weighted by atomic mass is 35.5. The van der Waals surface area contributed by atoms with Crippen molar-refractivity contribution in [2.24, 2.45) is 0 Å². The largest absolute Gasteiger partial charge is 0.491 e. The van der Waals surface area contributed by atoms with Crippen LogP contribution in [0.25, 0.3) is 0 Å². The number of ether oxygens (including phenoxy) is 1. The average Bonchev–Trinajstić information content (AvgIpc) is 2.91. The quantitative estimate of drug-likeness (QED) is 0.521. The molecular weight excluding hydrogens is 502 g/mol. The van der Waals surface area contributed by atoms with Crippen LogP contribution in [-0.4, -0.2) is 54.9 Å². The minimum Gasteiger partial charge on any atom is -0.491 e. The summed E-state index contributed by atoms with van der Waals surface area (Å²) in [5.41, 5.74) is 2.89. The Bertz CT molecular complexity index is 1280. The second kappa shape index (κ2) is 13.1. The van der Waals surface area contributed by atoms with Crippen LogP contribution in [0.2, 0.25) is 5.02 Å². The summed E-state index contributed by atoms with van der Waals surface area (Å²) in [7, 11) is 0. The molecule has 0 aromatic heterocycles. The molecule has 8 heteroatoms. The van der Waals surface area contributed by atoms with E-state index in [0.717, 1.165) is 11.1 Å². The topological polar surface area (TPSA) is 87.7 Å². The molecule has 0 bridgehead atoms. The van der Waals surface area contributed by atoms with E-state index in [1.807, 2.05) is 55.5 Å². The molecule has 1 atom stereocenters. The minimum absolute atomic E-state index is 0.0728. The molecular formula is C30H32ClN3O4. The smallest absolute Gasteiger partial charge is 0.255 e. The number of hydrogen-bond acceptors (Lipinski definition) is 4. The molecule has 3 aromatic carbocycles. The third kappa shape index (κ3) is 7.59. The Balaban J connectivity index is 1.58. The zero-order valence-electron chi connectivity index (χ0n) is 21.4. The van der Waals surface area contributed by atoms with Gasteiger partial charge in [-0.15, -0.1) is 0 Å². The van der Waals surface area contributed by atoms with Crippen LogP contribution in [0, 0.1) is 6.92 Å². The van der Waals surface area contributed by atoms with Crippen molar-refractivity contribution < 1.29 is 19.1 Å². The molecule has 1 aliphatic rings. The fraction of sp³-hybridized carbons (Fsp3) is 0.300. The van der Waals surface area contributed by atoms with E-state index >= 15 is 0 Å². The molecule has 7 nitrogen and oxygen atoms in total. The monoisotopic (exact) mass is 533 g/mol. The zero-order chi connectivity index (χ0) is 26.9. The second-order valence-electron chi connectivity index (χ2n) is 9.46. The standard InChI is InChI=1S/C30H32ClN3O4/c1-21-8-7-11-23(16-21)30(37)34-15-6-5-14-32-29(36)26-18-24(31)12-13-27(26)38-20-25(33-28(35)19-34)17-22-9-3-2-4-10-22/h2-4,7-13,16,18,25H,5-6,14-15,17,19-20H2,1H3,(H,32,36)(H,33,35)/t25-/m1/s1. The van der Waals surface area contributed by atoms with E-state index in [1.165, 1.54) is 0 Å². The number of halogens is 1. The van der Waals surface area contributed by atoms with Crippen LogP contribution in [0.3, 0.4) is 0 Å². The van der Waals surface area contributed by atoms with Gasteiger partial charge in [-0.3, -0.25) is 14.4 Å². The summed E-state index contributed by atoms with van der Waals surface area (Å²) in [4.78, 5) is 41.1. The number of aryl methyl sites for hydroxylation is 1. The predicted octanol–water partition coefficient (Wildman–Crippen LogP) is 4.42. The first-order chi connectivity index (χ1) is 18.4. The van der Waals surface area contributed by atoms with Gasteiger partial charge in [0.1, 0.15) is 12.4 Å². The van der Waals surface area contributed by atoms with E-state index in [-0.39, 0.29) is 30.9 Å². The van der Waals surface area contributed by atoms with Crippen molar-refractivity contribution in [3.63, 3.8) is 0 Å². The van der Waals surface area contributed by atoms with Crippen LogP contribution in [0.1, 0.15) is 44.7 Å². The number of fused-ring (bicyclic) bond motifs is 1. The summed E-state index contributed by atoms with van der Waals surface area (Å²) < 4.78 is 6.06. The Morgan fingerprint density at radius 1 is 1.03 bits per heavy atom. The molecule has 2 N–H and O–H groups in total. The van der Waals surface area contributed by atoms with E-state index < -0.39 is 6.04 Å². The molecule has 0 saturated heterocycles. The van der Waals surface area contributed by atoms with Gasteiger partial charge in [0.2, 0.25) is 5.91 Å². The lowest BCUT2D eigenvalue weighted by molar-refractivity contribution is -0.122. The van der Waals surface area contributed by atoms with Crippen LogP contribution >= 0.6 is 11.6 Å². The summed E-state index contributed by atoms with van der Waals surface area (Å²) in [5.74, 6) is -0.356. The number of carbonyl (C=O) groups is 3. The van der Waals surface area contributed by atoms with Gasteiger partial charge < -0.3 is 20.3 Å². The van der Waals surface area contributed by atoms with Crippen LogP contribution in [0.15, 0.2) is 72.8 Å². The predicted molar refractivity (Wildman–Crippen MR) is 148 cm³/mol. The summed E-state index contributed by atoms with van der Waals surface area (Å²) in [6.07, 6.45) is 1.78. The maximum atomic E-state index is 13.3. The van der Waals surface area contributed by atoms with Gasteiger partial charge in [-0.2, -0.15) is 0 Å². The van der Waals surface area contributed by atoms with E-state index in [2.05, 4.69) is 10.6 Å². The van der Waals surface area contributed by atoms with Crippen molar-refractivity contribution in [3.05, 3.63) is 100 Å². The Morgan fingerprint density at radius 2 is 1.84 bits per heavy atom. The van der Waals surface area contributed by atoms with Crippen LogP contribution in [-0.2, 0) is 11.2 Å². The maximum Gasteiger partial charge on any atom is 0.255 e. The van der Waals surface area contributed by atoms with Crippen molar-refractivity contribution in [2.45, 2.75) is 32.2 Å². The van der Waals surface area contributed by atoms with Gasteiger partial charge >= 0.3 is 0 Å². The molecule has 4 rings (SSSR count). The first-order valence-corrected chi connectivity index (χ1v) is 13.2. The van der Waals surface area contributed by atoms with Crippen molar-refractivity contribution in [2.75, 3.05) is 26.2 Å². The van der Waals surface area contributed by atoms with Gasteiger partial charge in [0.15, 0.2) is 0 Å². The highest BCUT2D eigenvalue weighted by molar-refractivity contribution is 6.31. The Labute approximate surface area is 228 Å². The third-order valence-corrected chi connectivity index (χ3v) is 6.58. The number of amides is 3. The molecule has 1 aliphatic heterocycles. The first-order valence-electron chi connectivity index (χ1n) is 12.8. The SMILES string of the molecule is Cc1cccc(C(=O)N2CCCCNC(=O)c3cc(Cl)ccc3OC[C@@H](Cc3ccccc3)NC(=O)C2)c1. The van der Waals surface area contributed by atoms with E-state index in [1.54, 1.807) is 29.2 Å². The van der Waals surface area contributed by atoms with E-state index in [9.17, 15) is 14.4 Å². The fourth-order valence-electron chi connectivity index (χ4n) is 4.43. The lowest BCUT2D eigenvalue weighted by Gasteiger charge is -2.25. The Morgan fingerprint density at radius 3 is 2.63 bits per heavy atom. The number of rotatable bonds is 3. The molecule has 0 radical (unpaired) electrons. The highest BCUT2D eigenvalue weighted by Crippen LogP contribution is 2.23. The molecule has 0 aliphatic carbocycles. The van der Waals surface area contributed by atoms with Gasteiger partial charge in [0, 0.05) is 23.7 Å². The van der Waals surface area contributed by atoms with Crippen LogP contribution in [0.5, 0.6) is 5.75 Å². The van der Waals surface area contributed by atoms with Crippen LogP contribution < -0.4 is 15.4 Å². The summed E-state index contributed by atoms with van der Waals surface area (Å²) in [6, 6.07) is 21.6. The fourth-order valence-corrected chi connectivity index (χ4v) is 4.60.